The second-order valence-electron chi connectivity index (χ2n) is 10.4. The van der Waals surface area contributed by atoms with Gasteiger partial charge in [-0.05, 0) is 69.1 Å². The molecule has 2 fully saturated rings. The van der Waals surface area contributed by atoms with Crippen LogP contribution in [0.1, 0.15) is 41.2 Å². The van der Waals surface area contributed by atoms with Gasteiger partial charge in [0.1, 0.15) is 0 Å². The number of aromatic nitrogens is 2. The quantitative estimate of drug-likeness (QED) is 0.470. The number of hydrogen-bond donors (Lipinski definition) is 3. The standard InChI is InChI=1S/C27H32F3N7O/c1-36-8-5-16(6-9-36)17-2-3-18-10-21(32)25(34-22(18)11-17)26(38)35-23-13-33-7-4-24(23)37-14-19(27(28,29)30)12-20(31)15-37/h2-4,7,10-11,13,16,19-20H,5-6,8-9,12,14-15,31-32H2,1H3,(H,35,38). The zero-order chi connectivity index (χ0) is 27.0. The van der Waals surface area contributed by atoms with E-state index < -0.39 is 24.0 Å². The number of halogens is 3. The van der Waals surface area contributed by atoms with Crippen LogP contribution < -0.4 is 21.7 Å². The predicted molar refractivity (Wildman–Crippen MR) is 142 cm³/mol. The summed E-state index contributed by atoms with van der Waals surface area (Å²) in [5.41, 5.74) is 15.0. The molecule has 5 N–H and O–H groups in total. The summed E-state index contributed by atoms with van der Waals surface area (Å²) in [6, 6.07) is 8.74. The monoisotopic (exact) mass is 527 g/mol. The van der Waals surface area contributed by atoms with Crippen molar-refractivity contribution in [2.45, 2.75) is 37.4 Å². The maximum absolute atomic E-state index is 13.5. The lowest BCUT2D eigenvalue weighted by Crippen LogP contribution is -2.51. The predicted octanol–water partition coefficient (Wildman–Crippen LogP) is 3.99. The van der Waals surface area contributed by atoms with E-state index in [-0.39, 0.29) is 36.6 Å². The summed E-state index contributed by atoms with van der Waals surface area (Å²) in [4.78, 5) is 25.8. The Bertz CT molecular complexity index is 1320. The zero-order valence-corrected chi connectivity index (χ0v) is 21.2. The van der Waals surface area contributed by atoms with Crippen LogP contribution in [0.3, 0.4) is 0 Å². The molecular formula is C27H32F3N7O. The molecule has 8 nitrogen and oxygen atoms in total. The summed E-state index contributed by atoms with van der Waals surface area (Å²) >= 11 is 0. The van der Waals surface area contributed by atoms with E-state index in [2.05, 4.69) is 33.3 Å². The first-order valence-corrected chi connectivity index (χ1v) is 12.8. The molecule has 0 spiro atoms. The number of likely N-dealkylation sites (tertiary alicyclic amines) is 1. The molecule has 2 atom stereocenters. The van der Waals surface area contributed by atoms with Gasteiger partial charge >= 0.3 is 6.18 Å². The summed E-state index contributed by atoms with van der Waals surface area (Å²) in [7, 11) is 2.12. The van der Waals surface area contributed by atoms with Crippen molar-refractivity contribution < 1.29 is 18.0 Å². The first-order valence-electron chi connectivity index (χ1n) is 12.8. The van der Waals surface area contributed by atoms with Crippen molar-refractivity contribution in [2.75, 3.05) is 49.2 Å². The molecular weight excluding hydrogens is 495 g/mol. The Labute approximate surface area is 219 Å². The van der Waals surface area contributed by atoms with E-state index in [9.17, 15) is 18.0 Å². The van der Waals surface area contributed by atoms with Gasteiger partial charge in [-0.25, -0.2) is 4.98 Å². The Morgan fingerprint density at radius 1 is 1.13 bits per heavy atom. The van der Waals surface area contributed by atoms with Crippen molar-refractivity contribution in [2.24, 2.45) is 11.7 Å². The Kier molecular flexibility index (Phi) is 7.15. The van der Waals surface area contributed by atoms with Gasteiger partial charge in [0.05, 0.1) is 34.7 Å². The molecule has 2 aliphatic heterocycles. The van der Waals surface area contributed by atoms with Crippen LogP contribution in [0.2, 0.25) is 0 Å². The van der Waals surface area contributed by atoms with Crippen LogP contribution in [0.4, 0.5) is 30.2 Å². The van der Waals surface area contributed by atoms with Gasteiger partial charge in [0.15, 0.2) is 5.69 Å². The van der Waals surface area contributed by atoms with E-state index in [1.807, 2.05) is 12.1 Å². The van der Waals surface area contributed by atoms with Gasteiger partial charge in [0.2, 0.25) is 0 Å². The average Bonchev–Trinajstić information content (AvgIpc) is 2.88. The van der Waals surface area contributed by atoms with E-state index in [1.54, 1.807) is 17.0 Å². The van der Waals surface area contributed by atoms with Crippen LogP contribution in [0.15, 0.2) is 42.7 Å². The molecule has 1 aromatic carbocycles. The Balaban J connectivity index is 1.40. The Hall–Kier alpha value is -3.44. The van der Waals surface area contributed by atoms with Gasteiger partial charge in [0, 0.05) is 30.7 Å². The molecule has 1 amide bonds. The number of fused-ring (bicyclic) bond motifs is 1. The first kappa shape index (κ1) is 26.2. The molecule has 2 unspecified atom stereocenters. The minimum absolute atomic E-state index is 0.0522. The topological polar surface area (TPSA) is 113 Å². The van der Waals surface area contributed by atoms with Gasteiger partial charge < -0.3 is 26.6 Å². The van der Waals surface area contributed by atoms with Crippen LogP contribution in [0.5, 0.6) is 0 Å². The molecule has 0 bridgehead atoms. The number of carbonyl (C=O) groups is 1. The van der Waals surface area contributed by atoms with Crippen molar-refractivity contribution in [3.8, 4) is 0 Å². The molecule has 0 saturated carbocycles. The third kappa shape index (κ3) is 5.53. The van der Waals surface area contributed by atoms with Crippen LogP contribution >= 0.6 is 0 Å². The minimum Gasteiger partial charge on any atom is -0.397 e. The number of nitrogens with zero attached hydrogens (tertiary/aromatic N) is 4. The number of nitrogen functional groups attached to an aromatic ring is 1. The molecule has 202 valence electrons. The second kappa shape index (κ2) is 10.4. The normalized spacial score (nSPS) is 21.6. The van der Waals surface area contributed by atoms with E-state index in [0.29, 0.717) is 17.1 Å². The Morgan fingerprint density at radius 2 is 1.89 bits per heavy atom. The number of pyridine rings is 2. The maximum atomic E-state index is 13.5. The van der Waals surface area contributed by atoms with E-state index in [1.165, 1.54) is 18.0 Å². The van der Waals surface area contributed by atoms with Gasteiger partial charge in [-0.15, -0.1) is 0 Å². The summed E-state index contributed by atoms with van der Waals surface area (Å²) < 4.78 is 40.5. The number of nitrogens with two attached hydrogens (primary N) is 2. The molecule has 11 heteroatoms. The van der Waals surface area contributed by atoms with Crippen LogP contribution in [-0.2, 0) is 0 Å². The van der Waals surface area contributed by atoms with Gasteiger partial charge in [-0.1, -0.05) is 12.1 Å². The number of anilines is 3. The first-order chi connectivity index (χ1) is 18.1. The highest BCUT2D eigenvalue weighted by Gasteiger charge is 2.44. The third-order valence-corrected chi connectivity index (χ3v) is 7.61. The average molecular weight is 528 g/mol. The Morgan fingerprint density at radius 3 is 2.63 bits per heavy atom. The molecule has 2 aromatic heterocycles. The van der Waals surface area contributed by atoms with Crippen molar-refractivity contribution in [3.05, 3.63) is 54.0 Å². The maximum Gasteiger partial charge on any atom is 0.393 e. The lowest BCUT2D eigenvalue weighted by atomic mass is 9.89. The van der Waals surface area contributed by atoms with E-state index >= 15 is 0 Å². The van der Waals surface area contributed by atoms with Crippen molar-refractivity contribution >= 4 is 33.9 Å². The number of piperidine rings is 2. The molecule has 2 saturated heterocycles. The highest BCUT2D eigenvalue weighted by molar-refractivity contribution is 6.09. The van der Waals surface area contributed by atoms with E-state index in [4.69, 9.17) is 11.5 Å². The van der Waals surface area contributed by atoms with Crippen molar-refractivity contribution in [3.63, 3.8) is 0 Å². The fourth-order valence-corrected chi connectivity index (χ4v) is 5.49. The molecule has 5 rings (SSSR count). The number of alkyl halides is 3. The number of rotatable bonds is 4. The smallest absolute Gasteiger partial charge is 0.393 e. The SMILES string of the molecule is CN1CCC(c2ccc3cc(N)c(C(=O)Nc4cnccc4N4CC(N)CC(C(F)(F)F)C4)nc3c2)CC1. The molecule has 38 heavy (non-hydrogen) atoms. The fourth-order valence-electron chi connectivity index (χ4n) is 5.49. The van der Waals surface area contributed by atoms with Crippen LogP contribution in [0, 0.1) is 5.92 Å². The van der Waals surface area contributed by atoms with Gasteiger partial charge in [-0.2, -0.15) is 13.2 Å². The van der Waals surface area contributed by atoms with Crippen LogP contribution in [-0.4, -0.2) is 66.2 Å². The minimum atomic E-state index is -4.36. The van der Waals surface area contributed by atoms with E-state index in [0.717, 1.165) is 31.3 Å². The molecule has 0 aliphatic carbocycles. The number of hydrogen-bond acceptors (Lipinski definition) is 7. The van der Waals surface area contributed by atoms with Crippen molar-refractivity contribution in [1.29, 1.82) is 0 Å². The molecule has 4 heterocycles. The summed E-state index contributed by atoms with van der Waals surface area (Å²) in [5, 5.41) is 3.60. The number of amides is 1. The molecule has 0 radical (unpaired) electrons. The number of carbonyl (C=O) groups excluding carboxylic acids is 1. The number of benzene rings is 1. The van der Waals surface area contributed by atoms with Crippen molar-refractivity contribution in [1.82, 2.24) is 14.9 Å². The van der Waals surface area contributed by atoms with Gasteiger partial charge in [-0.3, -0.25) is 9.78 Å². The van der Waals surface area contributed by atoms with Crippen LogP contribution in [0.25, 0.3) is 10.9 Å². The summed E-state index contributed by atoms with van der Waals surface area (Å²) in [5.74, 6) is -1.68. The zero-order valence-electron chi connectivity index (χ0n) is 21.2. The highest BCUT2D eigenvalue weighted by atomic mass is 19.4. The third-order valence-electron chi connectivity index (χ3n) is 7.61. The fraction of sp³-hybridized carbons (Fsp3) is 0.444. The number of nitrogens with one attached hydrogen (secondary N) is 1. The largest absolute Gasteiger partial charge is 0.397 e. The molecule has 3 aromatic rings. The lowest BCUT2D eigenvalue weighted by molar-refractivity contribution is -0.177. The molecule has 2 aliphatic rings. The van der Waals surface area contributed by atoms with Gasteiger partial charge in [0.25, 0.3) is 5.91 Å². The second-order valence-corrected chi connectivity index (χ2v) is 10.4. The summed E-state index contributed by atoms with van der Waals surface area (Å²) in [6.07, 6.45) is 0.506. The highest BCUT2D eigenvalue weighted by Crippen LogP contribution is 2.37. The lowest BCUT2D eigenvalue weighted by Gasteiger charge is -2.39. The summed E-state index contributed by atoms with van der Waals surface area (Å²) in [6.45, 7) is 2.05.